The number of aliphatic hydroxyl groups is 1. The van der Waals surface area contributed by atoms with Crippen molar-refractivity contribution in [1.82, 2.24) is 0 Å². The molecule has 2 rings (SSSR count). The molecule has 0 bridgehead atoms. The number of aliphatic hydroxyl groups excluding tert-OH is 1. The lowest BCUT2D eigenvalue weighted by Crippen LogP contribution is -2.21. The maximum absolute atomic E-state index is 9.52. The molecule has 2 unspecified atom stereocenters. The molecule has 2 heterocycles. The summed E-state index contributed by atoms with van der Waals surface area (Å²) in [7, 11) is 0. The third-order valence-electron chi connectivity index (χ3n) is 2.49. The predicted molar refractivity (Wildman–Crippen MR) is 43.6 cm³/mol. The highest BCUT2D eigenvalue weighted by Crippen LogP contribution is 2.27. The summed E-state index contributed by atoms with van der Waals surface area (Å²) in [4.78, 5) is 0. The molecule has 0 spiro atoms. The molecule has 0 saturated carbocycles. The van der Waals surface area contributed by atoms with Crippen LogP contribution >= 0.6 is 0 Å². The van der Waals surface area contributed by atoms with Gasteiger partial charge in [0.05, 0.1) is 32.2 Å². The topological polar surface area (TPSA) is 38.7 Å². The molecule has 1 saturated heterocycles. The van der Waals surface area contributed by atoms with Crippen LogP contribution in [0.2, 0.25) is 0 Å². The van der Waals surface area contributed by atoms with Crippen molar-refractivity contribution >= 4 is 0 Å². The van der Waals surface area contributed by atoms with Gasteiger partial charge in [0, 0.05) is 5.92 Å². The summed E-state index contributed by atoms with van der Waals surface area (Å²) in [5.41, 5.74) is 1.21. The van der Waals surface area contributed by atoms with E-state index in [4.69, 9.17) is 9.47 Å². The standard InChI is InChI=1S/C9H14O3/c10-9-6-12-5-8(9)7-2-1-3-11-4-7/h4,8-10H,1-3,5-6H2. The van der Waals surface area contributed by atoms with Crippen molar-refractivity contribution in [3.8, 4) is 0 Å². The average molecular weight is 170 g/mol. The Morgan fingerprint density at radius 1 is 1.42 bits per heavy atom. The van der Waals surface area contributed by atoms with E-state index in [2.05, 4.69) is 0 Å². The summed E-state index contributed by atoms with van der Waals surface area (Å²) >= 11 is 0. The number of rotatable bonds is 1. The molecule has 0 aromatic rings. The molecule has 0 radical (unpaired) electrons. The summed E-state index contributed by atoms with van der Waals surface area (Å²) in [6.45, 7) is 1.94. The summed E-state index contributed by atoms with van der Waals surface area (Å²) < 4.78 is 10.4. The lowest BCUT2D eigenvalue weighted by atomic mass is 9.93. The van der Waals surface area contributed by atoms with Gasteiger partial charge in [0.15, 0.2) is 0 Å². The smallest absolute Gasteiger partial charge is 0.0876 e. The molecule has 1 N–H and O–H groups in total. The van der Waals surface area contributed by atoms with E-state index in [-0.39, 0.29) is 12.0 Å². The number of hydrogen-bond acceptors (Lipinski definition) is 3. The van der Waals surface area contributed by atoms with Gasteiger partial charge < -0.3 is 14.6 Å². The molecule has 12 heavy (non-hydrogen) atoms. The molecule has 0 aliphatic carbocycles. The van der Waals surface area contributed by atoms with Crippen LogP contribution in [0.4, 0.5) is 0 Å². The van der Waals surface area contributed by atoms with Gasteiger partial charge in [-0.05, 0) is 18.4 Å². The Kier molecular flexibility index (Phi) is 2.33. The fourth-order valence-electron chi connectivity index (χ4n) is 1.75. The summed E-state index contributed by atoms with van der Waals surface area (Å²) in [5.74, 6) is 0.185. The SMILES string of the molecule is OC1COCC1C1=COCCC1. The fraction of sp³-hybridized carbons (Fsp3) is 0.778. The minimum absolute atomic E-state index is 0.185. The van der Waals surface area contributed by atoms with Crippen molar-refractivity contribution in [2.24, 2.45) is 5.92 Å². The number of ether oxygens (including phenoxy) is 2. The molecule has 3 heteroatoms. The fourth-order valence-corrected chi connectivity index (χ4v) is 1.75. The van der Waals surface area contributed by atoms with Crippen LogP contribution in [-0.4, -0.2) is 31.0 Å². The third-order valence-corrected chi connectivity index (χ3v) is 2.49. The van der Waals surface area contributed by atoms with Crippen LogP contribution in [0, 0.1) is 5.92 Å². The maximum atomic E-state index is 9.52. The van der Waals surface area contributed by atoms with Crippen LogP contribution in [0.3, 0.4) is 0 Å². The van der Waals surface area contributed by atoms with Gasteiger partial charge in [-0.2, -0.15) is 0 Å². The highest BCUT2D eigenvalue weighted by atomic mass is 16.5. The maximum Gasteiger partial charge on any atom is 0.0876 e. The zero-order chi connectivity index (χ0) is 8.39. The molecule has 2 aliphatic heterocycles. The van der Waals surface area contributed by atoms with Crippen molar-refractivity contribution in [3.05, 3.63) is 11.8 Å². The molecule has 1 fully saturated rings. The quantitative estimate of drug-likeness (QED) is 0.629. The van der Waals surface area contributed by atoms with Gasteiger partial charge in [0.25, 0.3) is 0 Å². The lowest BCUT2D eigenvalue weighted by molar-refractivity contribution is 0.120. The minimum atomic E-state index is -0.321. The van der Waals surface area contributed by atoms with Gasteiger partial charge in [-0.25, -0.2) is 0 Å². The normalized spacial score (nSPS) is 35.9. The molecule has 0 amide bonds. The van der Waals surface area contributed by atoms with E-state index in [0.29, 0.717) is 13.2 Å². The largest absolute Gasteiger partial charge is 0.501 e. The second-order valence-corrected chi connectivity index (χ2v) is 3.38. The van der Waals surface area contributed by atoms with E-state index in [0.717, 1.165) is 19.4 Å². The first-order chi connectivity index (χ1) is 5.88. The van der Waals surface area contributed by atoms with E-state index in [9.17, 15) is 5.11 Å². The van der Waals surface area contributed by atoms with E-state index >= 15 is 0 Å². The average Bonchev–Trinajstić information content (AvgIpc) is 2.53. The van der Waals surface area contributed by atoms with Crippen LogP contribution < -0.4 is 0 Å². The molecular formula is C9H14O3. The Morgan fingerprint density at radius 3 is 2.92 bits per heavy atom. The predicted octanol–water partition coefficient (Wildman–Crippen LogP) is 0.688. The first-order valence-corrected chi connectivity index (χ1v) is 4.44. The van der Waals surface area contributed by atoms with Gasteiger partial charge in [-0.15, -0.1) is 0 Å². The Labute approximate surface area is 72.0 Å². The minimum Gasteiger partial charge on any atom is -0.501 e. The van der Waals surface area contributed by atoms with Gasteiger partial charge in [0.2, 0.25) is 0 Å². The van der Waals surface area contributed by atoms with Gasteiger partial charge in [-0.3, -0.25) is 0 Å². The molecule has 68 valence electrons. The third kappa shape index (κ3) is 1.47. The van der Waals surface area contributed by atoms with E-state index < -0.39 is 0 Å². The Morgan fingerprint density at radius 2 is 2.33 bits per heavy atom. The van der Waals surface area contributed by atoms with E-state index in [1.165, 1.54) is 5.57 Å². The zero-order valence-electron chi connectivity index (χ0n) is 7.03. The van der Waals surface area contributed by atoms with E-state index in [1.807, 2.05) is 0 Å². The highest BCUT2D eigenvalue weighted by Gasteiger charge is 2.30. The summed E-state index contributed by atoms with van der Waals surface area (Å²) in [6.07, 6.45) is 3.59. The highest BCUT2D eigenvalue weighted by molar-refractivity contribution is 5.09. The van der Waals surface area contributed by atoms with Crippen molar-refractivity contribution in [3.63, 3.8) is 0 Å². The Hall–Kier alpha value is -0.540. The Balaban J connectivity index is 2.02. The molecule has 0 aromatic heterocycles. The van der Waals surface area contributed by atoms with Crippen molar-refractivity contribution in [2.45, 2.75) is 18.9 Å². The van der Waals surface area contributed by atoms with Gasteiger partial charge >= 0.3 is 0 Å². The first kappa shape index (κ1) is 8.08. The van der Waals surface area contributed by atoms with Crippen LogP contribution in [-0.2, 0) is 9.47 Å². The lowest BCUT2D eigenvalue weighted by Gasteiger charge is -2.20. The monoisotopic (exact) mass is 170 g/mol. The van der Waals surface area contributed by atoms with Crippen LogP contribution in [0.1, 0.15) is 12.8 Å². The second kappa shape index (κ2) is 3.46. The molecule has 2 aliphatic rings. The van der Waals surface area contributed by atoms with Crippen LogP contribution in [0.25, 0.3) is 0 Å². The molecule has 3 nitrogen and oxygen atoms in total. The summed E-state index contributed by atoms with van der Waals surface area (Å²) in [6, 6.07) is 0. The second-order valence-electron chi connectivity index (χ2n) is 3.38. The molecule has 2 atom stereocenters. The first-order valence-electron chi connectivity index (χ1n) is 4.44. The Bertz CT molecular complexity index is 188. The van der Waals surface area contributed by atoms with Crippen LogP contribution in [0.15, 0.2) is 11.8 Å². The van der Waals surface area contributed by atoms with Crippen molar-refractivity contribution < 1.29 is 14.6 Å². The molecule has 0 aromatic carbocycles. The number of hydrogen-bond donors (Lipinski definition) is 1. The van der Waals surface area contributed by atoms with Crippen LogP contribution in [0.5, 0.6) is 0 Å². The van der Waals surface area contributed by atoms with Crippen molar-refractivity contribution in [1.29, 1.82) is 0 Å². The molecular weight excluding hydrogens is 156 g/mol. The zero-order valence-corrected chi connectivity index (χ0v) is 7.03. The summed E-state index contributed by atoms with van der Waals surface area (Å²) in [5, 5.41) is 9.52. The van der Waals surface area contributed by atoms with Crippen molar-refractivity contribution in [2.75, 3.05) is 19.8 Å². The van der Waals surface area contributed by atoms with E-state index in [1.54, 1.807) is 6.26 Å². The van der Waals surface area contributed by atoms with Gasteiger partial charge in [-0.1, -0.05) is 0 Å². The van der Waals surface area contributed by atoms with Gasteiger partial charge in [0.1, 0.15) is 0 Å².